The number of aliphatic hydroxyl groups is 1. The largest absolute Gasteiger partial charge is 0.387 e. The van der Waals surface area contributed by atoms with Gasteiger partial charge in [0.15, 0.2) is 0 Å². The molecule has 198 valence electrons. The molecule has 0 heterocycles. The van der Waals surface area contributed by atoms with E-state index in [1.807, 2.05) is 0 Å². The maximum atomic E-state index is 10.3. The molecule has 0 aliphatic rings. The third-order valence-electron chi connectivity index (χ3n) is 6.11. The first-order valence-corrected chi connectivity index (χ1v) is 13.4. The van der Waals surface area contributed by atoms with Crippen LogP contribution in [0, 0.1) is 20.2 Å². The van der Waals surface area contributed by atoms with Crippen LogP contribution in [0.15, 0.2) is 5.18 Å². The van der Waals surface area contributed by atoms with Crippen LogP contribution < -0.4 is 0 Å². The summed E-state index contributed by atoms with van der Waals surface area (Å²) in [7, 11) is 4.25. The third-order valence-corrected chi connectivity index (χ3v) is 6.11. The lowest BCUT2D eigenvalue weighted by Gasteiger charge is -2.31. The predicted molar refractivity (Wildman–Crippen MR) is 138 cm³/mol. The first-order chi connectivity index (χ1) is 15.7. The number of likely N-dealkylation sites (N-methyl/N-ethyl adjacent to an activating group) is 1. The Morgan fingerprint density at radius 1 is 0.758 bits per heavy atom. The van der Waals surface area contributed by atoms with E-state index in [0.29, 0.717) is 6.54 Å². The topological polar surface area (TPSA) is 116 Å². The smallest absolute Gasteiger partial charge is 0.105 e. The van der Waals surface area contributed by atoms with Gasteiger partial charge < -0.3 is 24.9 Å². The lowest BCUT2D eigenvalue weighted by molar-refractivity contribution is -0.893. The molecule has 0 aromatic carbocycles. The van der Waals surface area contributed by atoms with Crippen molar-refractivity contribution in [1.82, 2.24) is 0 Å². The van der Waals surface area contributed by atoms with Crippen molar-refractivity contribution < 1.29 is 14.7 Å². The Morgan fingerprint density at radius 3 is 1.48 bits per heavy atom. The number of rotatable bonds is 23. The molecule has 33 heavy (non-hydrogen) atoms. The molecule has 0 amide bonds. The molecule has 0 radical (unpaired) electrons. The number of hydrogen-bond donors (Lipinski definition) is 1. The van der Waals surface area contributed by atoms with Crippen LogP contribution in [0.2, 0.25) is 0 Å². The molecule has 8 nitrogen and oxygen atoms in total. The number of aliphatic hydroxyl groups excluding tert-OH is 1. The van der Waals surface area contributed by atoms with Gasteiger partial charge in [-0.3, -0.25) is 0 Å². The number of nitroso groups, excluding NO2 is 1. The van der Waals surface area contributed by atoms with E-state index in [2.05, 4.69) is 26.2 Å². The second kappa shape index (κ2) is 25.3. The highest BCUT2D eigenvalue weighted by Gasteiger charge is 2.19. The molecular formula is C25H53N3O5. The van der Waals surface area contributed by atoms with E-state index < -0.39 is 5.09 Å². The van der Waals surface area contributed by atoms with Gasteiger partial charge in [-0.2, -0.15) is 4.91 Å². The van der Waals surface area contributed by atoms with Crippen molar-refractivity contribution >= 4 is 0 Å². The van der Waals surface area contributed by atoms with Crippen LogP contribution in [0.5, 0.6) is 0 Å². The zero-order valence-corrected chi connectivity index (χ0v) is 21.8. The zero-order chi connectivity index (χ0) is 25.2. The van der Waals surface area contributed by atoms with Crippen LogP contribution in [-0.4, -0.2) is 54.5 Å². The van der Waals surface area contributed by atoms with E-state index in [1.165, 1.54) is 96.3 Å². The molecule has 0 saturated heterocycles. The van der Waals surface area contributed by atoms with Gasteiger partial charge >= 0.3 is 0 Å². The molecule has 1 atom stereocenters. The van der Waals surface area contributed by atoms with E-state index in [-0.39, 0.29) is 6.10 Å². The van der Waals surface area contributed by atoms with Crippen LogP contribution in [0.25, 0.3) is 0 Å². The first-order valence-electron chi connectivity index (χ1n) is 13.4. The van der Waals surface area contributed by atoms with Crippen molar-refractivity contribution in [2.75, 3.05) is 33.7 Å². The summed E-state index contributed by atoms with van der Waals surface area (Å²) >= 11 is 0. The SMILES string of the molecule is CCCCCCCCCCCCCCCCCCC(O)C[N+](C)(C)CCCN=O.O=[N+]([O-])[O-]. The average molecular weight is 476 g/mol. The monoisotopic (exact) mass is 475 g/mol. The summed E-state index contributed by atoms with van der Waals surface area (Å²) in [5, 5.41) is 27.9. The van der Waals surface area contributed by atoms with Gasteiger partial charge in [0.05, 0.1) is 32.3 Å². The quantitative estimate of drug-likeness (QED) is 0.0562. The Morgan fingerprint density at radius 2 is 1.12 bits per heavy atom. The molecule has 0 saturated carbocycles. The first kappa shape index (κ1) is 33.9. The van der Waals surface area contributed by atoms with Crippen LogP contribution >= 0.6 is 0 Å². The van der Waals surface area contributed by atoms with Crippen LogP contribution in [0.4, 0.5) is 0 Å². The Labute approximate surface area is 202 Å². The fraction of sp³-hybridized carbons (Fsp3) is 1.00. The highest BCUT2D eigenvalue weighted by Crippen LogP contribution is 2.15. The minimum Gasteiger partial charge on any atom is -0.387 e. The molecule has 1 N–H and O–H groups in total. The Hall–Kier alpha value is -1.28. The summed E-state index contributed by atoms with van der Waals surface area (Å²) in [6, 6.07) is 0. The number of quaternary nitrogens is 1. The second-order valence-corrected chi connectivity index (χ2v) is 10.0. The summed E-state index contributed by atoms with van der Waals surface area (Å²) < 4.78 is 0.773. The minimum atomic E-state index is -1.75. The van der Waals surface area contributed by atoms with E-state index >= 15 is 0 Å². The van der Waals surface area contributed by atoms with E-state index in [0.717, 1.165) is 36.8 Å². The molecule has 0 spiro atoms. The van der Waals surface area contributed by atoms with Gasteiger partial charge in [0, 0.05) is 6.42 Å². The molecule has 0 aliphatic heterocycles. The zero-order valence-electron chi connectivity index (χ0n) is 21.8. The van der Waals surface area contributed by atoms with Crippen LogP contribution in [0.3, 0.4) is 0 Å². The number of hydrogen-bond acceptors (Lipinski definition) is 6. The van der Waals surface area contributed by atoms with Gasteiger partial charge in [0.1, 0.15) is 12.6 Å². The molecule has 0 aliphatic carbocycles. The van der Waals surface area contributed by atoms with Crippen LogP contribution in [0.1, 0.15) is 122 Å². The molecular weight excluding hydrogens is 422 g/mol. The lowest BCUT2D eigenvalue weighted by Crippen LogP contribution is -2.46. The Bertz CT molecular complexity index is 432. The summed E-state index contributed by atoms with van der Waals surface area (Å²) in [5.74, 6) is 0. The third kappa shape index (κ3) is 33.0. The van der Waals surface area contributed by atoms with Gasteiger partial charge in [-0.1, -0.05) is 115 Å². The average Bonchev–Trinajstić information content (AvgIpc) is 2.72. The summed E-state index contributed by atoms with van der Waals surface area (Å²) in [5.41, 5.74) is 0. The van der Waals surface area contributed by atoms with Crippen molar-refractivity contribution in [3.05, 3.63) is 20.2 Å². The van der Waals surface area contributed by atoms with Gasteiger partial charge in [-0.25, -0.2) is 0 Å². The molecule has 0 aromatic heterocycles. The molecule has 1 unspecified atom stereocenters. The van der Waals surface area contributed by atoms with E-state index in [1.54, 1.807) is 0 Å². The van der Waals surface area contributed by atoms with Crippen molar-refractivity contribution in [3.8, 4) is 0 Å². The van der Waals surface area contributed by atoms with Gasteiger partial charge in [-0.05, 0) is 6.42 Å². The fourth-order valence-electron chi connectivity index (χ4n) is 4.24. The van der Waals surface area contributed by atoms with Crippen molar-refractivity contribution in [2.24, 2.45) is 5.18 Å². The van der Waals surface area contributed by atoms with Gasteiger partial charge in [0.25, 0.3) is 0 Å². The summed E-state index contributed by atoms with van der Waals surface area (Å²) in [6.07, 6.45) is 23.6. The van der Waals surface area contributed by atoms with Crippen molar-refractivity contribution in [3.63, 3.8) is 0 Å². The maximum Gasteiger partial charge on any atom is 0.105 e. The number of nitrogens with zero attached hydrogens (tertiary/aromatic N) is 3. The molecule has 0 fully saturated rings. The molecule has 8 heteroatoms. The van der Waals surface area contributed by atoms with Gasteiger partial charge in [-0.15, -0.1) is 0 Å². The molecule has 0 rings (SSSR count). The molecule has 0 bridgehead atoms. The van der Waals surface area contributed by atoms with E-state index in [4.69, 9.17) is 15.3 Å². The van der Waals surface area contributed by atoms with Crippen LogP contribution in [-0.2, 0) is 0 Å². The summed E-state index contributed by atoms with van der Waals surface area (Å²) in [6.45, 7) is 4.35. The Kier molecular flexibility index (Phi) is 26.0. The molecule has 0 aromatic rings. The normalized spacial score (nSPS) is 12.1. The standard InChI is InChI=1S/C25H53N2O2.NO3/c1-4-5-6-7-8-9-10-11-12-13-14-15-16-17-18-19-21-25(28)24-27(2,3)23-20-22-26-29;2-1(3)4/h25,28H,4-24H2,1-3H3;/q+1;-1. The van der Waals surface area contributed by atoms with E-state index in [9.17, 15) is 10.0 Å². The predicted octanol–water partition coefficient (Wildman–Crippen LogP) is 6.99. The Balaban J connectivity index is 0. The maximum absolute atomic E-state index is 10.3. The minimum absolute atomic E-state index is 0.221. The second-order valence-electron chi connectivity index (χ2n) is 10.0. The highest BCUT2D eigenvalue weighted by atomic mass is 16.9. The number of unbranched alkanes of at least 4 members (excludes halogenated alkanes) is 15. The van der Waals surface area contributed by atoms with Crippen molar-refractivity contribution in [2.45, 2.75) is 129 Å². The lowest BCUT2D eigenvalue weighted by atomic mass is 10.0. The summed E-state index contributed by atoms with van der Waals surface area (Å²) in [4.78, 5) is 18.4. The highest BCUT2D eigenvalue weighted by molar-refractivity contribution is 4.57. The fourth-order valence-corrected chi connectivity index (χ4v) is 4.24. The van der Waals surface area contributed by atoms with Crippen molar-refractivity contribution in [1.29, 1.82) is 0 Å². The van der Waals surface area contributed by atoms with Gasteiger partial charge in [0.2, 0.25) is 0 Å².